The van der Waals surface area contributed by atoms with E-state index < -0.39 is 17.4 Å². The summed E-state index contributed by atoms with van der Waals surface area (Å²) in [5.41, 5.74) is 1.53. The number of aliphatic hydroxyl groups excluding tert-OH is 1. The maximum absolute atomic E-state index is 13.5. The number of methoxy groups -OCH3 is 1. The first-order chi connectivity index (χ1) is 9.76. The largest absolute Gasteiger partial charge is 0.469 e. The summed E-state index contributed by atoms with van der Waals surface area (Å²) in [6, 6.07) is 4.72. The van der Waals surface area contributed by atoms with E-state index in [4.69, 9.17) is 4.74 Å². The Bertz CT molecular complexity index is 590. The highest BCUT2D eigenvalue weighted by Gasteiger charge is 2.43. The summed E-state index contributed by atoms with van der Waals surface area (Å²) in [6.07, 6.45) is 1.54. The topological polar surface area (TPSA) is 46.5 Å². The van der Waals surface area contributed by atoms with Crippen molar-refractivity contribution in [2.45, 2.75) is 33.3 Å². The number of aryl methyl sites for hydroxylation is 1. The molecule has 0 saturated carbocycles. The van der Waals surface area contributed by atoms with E-state index in [0.717, 1.165) is 5.56 Å². The Morgan fingerprint density at radius 2 is 2.10 bits per heavy atom. The summed E-state index contributed by atoms with van der Waals surface area (Å²) in [6.45, 7) is 5.54. The maximum Gasteiger partial charge on any atom is 0.313 e. The van der Waals surface area contributed by atoms with Gasteiger partial charge in [0.25, 0.3) is 0 Å². The lowest BCUT2D eigenvalue weighted by molar-refractivity contribution is -0.147. The molecule has 0 heterocycles. The van der Waals surface area contributed by atoms with E-state index in [1.165, 1.54) is 13.2 Å². The van der Waals surface area contributed by atoms with Crippen molar-refractivity contribution in [1.82, 2.24) is 0 Å². The summed E-state index contributed by atoms with van der Waals surface area (Å²) in [5.74, 6) is -1.10. The van der Waals surface area contributed by atoms with Crippen molar-refractivity contribution in [1.29, 1.82) is 0 Å². The van der Waals surface area contributed by atoms with Crippen molar-refractivity contribution in [2.75, 3.05) is 7.11 Å². The number of aliphatic hydroxyl groups is 1. The molecular weight excluding hydrogens is 271 g/mol. The van der Waals surface area contributed by atoms with Gasteiger partial charge in [-0.05, 0) is 47.6 Å². The Labute approximate surface area is 124 Å². The summed E-state index contributed by atoms with van der Waals surface area (Å²) in [7, 11) is 1.36. The molecule has 0 radical (unpaired) electrons. The molecule has 114 valence electrons. The van der Waals surface area contributed by atoms with Crippen LogP contribution in [0.1, 0.15) is 31.4 Å². The van der Waals surface area contributed by atoms with Gasteiger partial charge >= 0.3 is 5.97 Å². The van der Waals surface area contributed by atoms with Crippen molar-refractivity contribution in [3.05, 3.63) is 41.2 Å². The number of rotatable bonds is 2. The molecule has 4 heteroatoms. The smallest absolute Gasteiger partial charge is 0.313 e. The van der Waals surface area contributed by atoms with Crippen molar-refractivity contribution < 1.29 is 19.0 Å². The van der Waals surface area contributed by atoms with E-state index in [2.05, 4.69) is 0 Å². The van der Waals surface area contributed by atoms with Crippen molar-refractivity contribution in [3.8, 4) is 0 Å². The molecule has 2 unspecified atom stereocenters. The molecule has 1 aliphatic rings. The third kappa shape index (κ3) is 3.00. The molecule has 3 nitrogen and oxygen atoms in total. The molecular formula is C17H21FO3. The molecule has 21 heavy (non-hydrogen) atoms. The third-order valence-electron chi connectivity index (χ3n) is 4.13. The minimum atomic E-state index is -0.624. The average molecular weight is 292 g/mol. The van der Waals surface area contributed by atoms with Gasteiger partial charge in [-0.3, -0.25) is 4.79 Å². The van der Waals surface area contributed by atoms with E-state index >= 15 is 0 Å². The van der Waals surface area contributed by atoms with Crippen LogP contribution in [0.15, 0.2) is 24.3 Å². The van der Waals surface area contributed by atoms with E-state index in [1.54, 1.807) is 25.1 Å². The van der Waals surface area contributed by atoms with Crippen LogP contribution in [0.5, 0.6) is 0 Å². The van der Waals surface area contributed by atoms with Gasteiger partial charge in [0.1, 0.15) is 5.82 Å². The van der Waals surface area contributed by atoms with Crippen LogP contribution in [-0.2, 0) is 9.53 Å². The second-order valence-corrected chi connectivity index (χ2v) is 6.30. The lowest BCUT2D eigenvalue weighted by Gasteiger charge is -2.39. The lowest BCUT2D eigenvalue weighted by Crippen LogP contribution is -2.39. The molecule has 2 atom stereocenters. The quantitative estimate of drug-likeness (QED) is 0.852. The van der Waals surface area contributed by atoms with Crippen LogP contribution in [0.25, 0.3) is 5.57 Å². The van der Waals surface area contributed by atoms with Gasteiger partial charge in [-0.25, -0.2) is 4.39 Å². The zero-order valence-electron chi connectivity index (χ0n) is 12.8. The number of benzene rings is 1. The van der Waals surface area contributed by atoms with Crippen LogP contribution in [0.3, 0.4) is 0 Å². The zero-order chi connectivity index (χ0) is 15.8. The Kier molecular flexibility index (Phi) is 4.19. The fraction of sp³-hybridized carbons (Fsp3) is 0.471. The van der Waals surface area contributed by atoms with Crippen LogP contribution < -0.4 is 0 Å². The van der Waals surface area contributed by atoms with Crippen molar-refractivity contribution in [3.63, 3.8) is 0 Å². The first kappa shape index (κ1) is 15.7. The van der Waals surface area contributed by atoms with Crippen LogP contribution in [0, 0.1) is 24.1 Å². The molecule has 2 rings (SSSR count). The number of hydrogen-bond donors (Lipinski definition) is 1. The Morgan fingerprint density at radius 1 is 1.43 bits per heavy atom. The Morgan fingerprint density at radius 3 is 2.67 bits per heavy atom. The van der Waals surface area contributed by atoms with Gasteiger partial charge < -0.3 is 9.84 Å². The van der Waals surface area contributed by atoms with Crippen molar-refractivity contribution in [2.24, 2.45) is 11.3 Å². The van der Waals surface area contributed by atoms with E-state index in [0.29, 0.717) is 17.6 Å². The molecule has 0 aliphatic heterocycles. The normalized spacial score (nSPS) is 24.4. The van der Waals surface area contributed by atoms with Crippen LogP contribution in [0.2, 0.25) is 0 Å². The summed E-state index contributed by atoms with van der Waals surface area (Å²) in [4.78, 5) is 12.2. The zero-order valence-corrected chi connectivity index (χ0v) is 12.8. The minimum Gasteiger partial charge on any atom is -0.469 e. The number of halogens is 1. The molecule has 0 saturated heterocycles. The lowest BCUT2D eigenvalue weighted by atomic mass is 9.66. The summed E-state index contributed by atoms with van der Waals surface area (Å²) in [5, 5.41) is 10.1. The number of ether oxygens (including phenoxy) is 1. The van der Waals surface area contributed by atoms with E-state index in [9.17, 15) is 14.3 Å². The summed E-state index contributed by atoms with van der Waals surface area (Å²) >= 11 is 0. The molecule has 1 aliphatic carbocycles. The highest BCUT2D eigenvalue weighted by Crippen LogP contribution is 2.45. The Hall–Kier alpha value is -1.68. The van der Waals surface area contributed by atoms with Crippen LogP contribution >= 0.6 is 0 Å². The van der Waals surface area contributed by atoms with Crippen LogP contribution in [-0.4, -0.2) is 24.3 Å². The predicted octanol–water partition coefficient (Wildman–Crippen LogP) is 3.10. The van der Waals surface area contributed by atoms with Gasteiger partial charge in [-0.1, -0.05) is 26.0 Å². The number of carbonyl (C=O) groups is 1. The van der Waals surface area contributed by atoms with Gasteiger partial charge in [0.2, 0.25) is 0 Å². The van der Waals surface area contributed by atoms with E-state index in [-0.39, 0.29) is 11.8 Å². The molecule has 1 aromatic carbocycles. The van der Waals surface area contributed by atoms with Gasteiger partial charge in [0.05, 0.1) is 19.1 Å². The average Bonchev–Trinajstić information content (AvgIpc) is 2.39. The molecule has 1 N–H and O–H groups in total. The number of esters is 1. The Balaban J connectivity index is 2.55. The standard InChI is InChI=1S/C17H21FO3/c1-10-7-11(5-6-14(10)18)13-8-12(19)9-17(2,3)15(13)16(20)21-4/h5-8,12,15,19H,9H2,1-4H3. The molecule has 0 bridgehead atoms. The monoisotopic (exact) mass is 292 g/mol. The molecule has 0 aromatic heterocycles. The number of carbonyl (C=O) groups excluding carboxylic acids is 1. The highest BCUT2D eigenvalue weighted by atomic mass is 19.1. The van der Waals surface area contributed by atoms with E-state index in [1.807, 2.05) is 13.8 Å². The minimum absolute atomic E-state index is 0.287. The van der Waals surface area contributed by atoms with Gasteiger partial charge in [-0.15, -0.1) is 0 Å². The number of hydrogen-bond acceptors (Lipinski definition) is 3. The third-order valence-corrected chi connectivity index (χ3v) is 4.13. The summed E-state index contributed by atoms with van der Waals surface area (Å²) < 4.78 is 18.4. The van der Waals surface area contributed by atoms with Gasteiger partial charge in [0.15, 0.2) is 0 Å². The van der Waals surface area contributed by atoms with Gasteiger partial charge in [0, 0.05) is 0 Å². The van der Waals surface area contributed by atoms with Gasteiger partial charge in [-0.2, -0.15) is 0 Å². The SMILES string of the molecule is COC(=O)C1C(c2ccc(F)c(C)c2)=CC(O)CC1(C)C. The predicted molar refractivity (Wildman–Crippen MR) is 79.0 cm³/mol. The first-order valence-electron chi connectivity index (χ1n) is 7.00. The molecule has 0 fully saturated rings. The molecule has 0 spiro atoms. The fourth-order valence-electron chi connectivity index (χ4n) is 3.09. The fourth-order valence-corrected chi connectivity index (χ4v) is 3.09. The molecule has 0 amide bonds. The molecule has 1 aromatic rings. The van der Waals surface area contributed by atoms with Crippen LogP contribution in [0.4, 0.5) is 4.39 Å². The van der Waals surface area contributed by atoms with Crippen molar-refractivity contribution >= 4 is 11.5 Å². The maximum atomic E-state index is 13.5. The highest BCUT2D eigenvalue weighted by molar-refractivity contribution is 5.90. The first-order valence-corrected chi connectivity index (χ1v) is 7.00. The second-order valence-electron chi connectivity index (χ2n) is 6.30. The second kappa shape index (κ2) is 5.60.